The maximum Gasteiger partial charge on any atom is 0.274 e. The first kappa shape index (κ1) is 19.9. The number of nitrogens with zero attached hydrogens (tertiary/aromatic N) is 4. The molecule has 0 saturated heterocycles. The highest BCUT2D eigenvalue weighted by Gasteiger charge is 2.19. The highest BCUT2D eigenvalue weighted by atomic mass is 79.9. The van der Waals surface area contributed by atoms with E-state index in [2.05, 4.69) is 36.3 Å². The number of anilines is 1. The minimum atomic E-state index is -0.614. The Balaban J connectivity index is 1.70. The lowest BCUT2D eigenvalue weighted by Crippen LogP contribution is -2.15. The second-order valence-corrected chi connectivity index (χ2v) is 7.08. The molecule has 1 amide bonds. The molecule has 0 saturated carbocycles. The van der Waals surface area contributed by atoms with E-state index < -0.39 is 17.5 Å². The van der Waals surface area contributed by atoms with Crippen molar-refractivity contribution in [2.24, 2.45) is 7.05 Å². The van der Waals surface area contributed by atoms with Gasteiger partial charge in [-0.3, -0.25) is 9.48 Å². The molecule has 4 aromatic rings. The molecule has 0 radical (unpaired) electrons. The van der Waals surface area contributed by atoms with Gasteiger partial charge in [0.05, 0.1) is 29.0 Å². The molecule has 0 spiro atoms. The Morgan fingerprint density at radius 2 is 2.03 bits per heavy atom. The number of halogens is 3. The number of amides is 1. The van der Waals surface area contributed by atoms with Crippen molar-refractivity contribution in [3.63, 3.8) is 0 Å². The van der Waals surface area contributed by atoms with E-state index in [1.807, 2.05) is 0 Å². The van der Waals surface area contributed by atoms with Crippen LogP contribution in [0.3, 0.4) is 0 Å². The van der Waals surface area contributed by atoms with Gasteiger partial charge in [0.1, 0.15) is 22.8 Å². The van der Waals surface area contributed by atoms with Crippen LogP contribution < -0.4 is 10.1 Å². The van der Waals surface area contributed by atoms with Gasteiger partial charge in [0, 0.05) is 24.7 Å². The summed E-state index contributed by atoms with van der Waals surface area (Å²) >= 11 is 3.38. The minimum Gasteiger partial charge on any atom is -0.496 e. The Kier molecular flexibility index (Phi) is 5.17. The molecule has 7 nitrogen and oxygen atoms in total. The SMILES string of the molecule is COc1cccc(F)c1-c1nccc(C(=O)Nc2cc(F)c3c(cnn3C)c2Br)n1. The Hall–Kier alpha value is -3.40. The summed E-state index contributed by atoms with van der Waals surface area (Å²) in [6.07, 6.45) is 2.83. The van der Waals surface area contributed by atoms with E-state index in [1.165, 1.54) is 48.5 Å². The van der Waals surface area contributed by atoms with Crippen molar-refractivity contribution in [2.75, 3.05) is 12.4 Å². The van der Waals surface area contributed by atoms with Crippen LogP contribution in [0.4, 0.5) is 14.5 Å². The summed E-state index contributed by atoms with van der Waals surface area (Å²) in [5.74, 6) is -1.51. The number of aromatic nitrogens is 4. The molecule has 2 heterocycles. The number of rotatable bonds is 4. The molecule has 4 rings (SSSR count). The smallest absolute Gasteiger partial charge is 0.274 e. The van der Waals surface area contributed by atoms with E-state index >= 15 is 0 Å². The molecule has 0 bridgehead atoms. The van der Waals surface area contributed by atoms with Gasteiger partial charge < -0.3 is 10.1 Å². The molecule has 30 heavy (non-hydrogen) atoms. The summed E-state index contributed by atoms with van der Waals surface area (Å²) in [5, 5.41) is 7.15. The van der Waals surface area contributed by atoms with E-state index in [4.69, 9.17) is 4.74 Å². The lowest BCUT2D eigenvalue weighted by molar-refractivity contribution is 0.102. The molecule has 152 valence electrons. The number of ether oxygens (including phenoxy) is 1. The Labute approximate surface area is 177 Å². The Morgan fingerprint density at radius 3 is 2.80 bits per heavy atom. The van der Waals surface area contributed by atoms with E-state index in [0.717, 1.165) is 0 Å². The van der Waals surface area contributed by atoms with Gasteiger partial charge in [-0.25, -0.2) is 18.7 Å². The van der Waals surface area contributed by atoms with Crippen LogP contribution >= 0.6 is 15.9 Å². The lowest BCUT2D eigenvalue weighted by atomic mass is 10.1. The van der Waals surface area contributed by atoms with Gasteiger partial charge in [-0.05, 0) is 34.1 Å². The van der Waals surface area contributed by atoms with Gasteiger partial charge in [-0.2, -0.15) is 5.10 Å². The topological polar surface area (TPSA) is 81.9 Å². The van der Waals surface area contributed by atoms with Gasteiger partial charge >= 0.3 is 0 Å². The van der Waals surface area contributed by atoms with Crippen LogP contribution in [0.15, 0.2) is 47.2 Å². The summed E-state index contributed by atoms with van der Waals surface area (Å²) in [6, 6.07) is 6.87. The third-order valence-corrected chi connectivity index (χ3v) is 5.32. The van der Waals surface area contributed by atoms with Crippen LogP contribution in [0.1, 0.15) is 10.5 Å². The summed E-state index contributed by atoms with van der Waals surface area (Å²) in [7, 11) is 3.02. The van der Waals surface area contributed by atoms with Crippen LogP contribution in [-0.4, -0.2) is 32.8 Å². The fourth-order valence-corrected chi connectivity index (χ4v) is 3.56. The molecule has 0 aliphatic heterocycles. The molecule has 2 aromatic carbocycles. The van der Waals surface area contributed by atoms with Gasteiger partial charge in [0.15, 0.2) is 11.6 Å². The Morgan fingerprint density at radius 1 is 1.23 bits per heavy atom. The number of nitrogens with one attached hydrogen (secondary N) is 1. The number of hydrogen-bond donors (Lipinski definition) is 1. The molecular formula is C20H14BrF2N5O2. The molecule has 0 unspecified atom stereocenters. The average Bonchev–Trinajstić information content (AvgIpc) is 3.14. The molecule has 0 aliphatic rings. The molecule has 1 N–H and O–H groups in total. The fourth-order valence-electron chi connectivity index (χ4n) is 3.06. The first-order valence-electron chi connectivity index (χ1n) is 8.67. The van der Waals surface area contributed by atoms with Crippen molar-refractivity contribution in [2.45, 2.75) is 0 Å². The standard InChI is InChI=1S/C20H14BrF2N5O2/c1-28-18-10(9-25-28)17(21)14(8-12(18)23)27-20(29)13-6-7-24-19(26-13)16-11(22)4-3-5-15(16)30-2/h3-9H,1-2H3,(H,27,29). The van der Waals surface area contributed by atoms with Crippen LogP contribution in [-0.2, 0) is 7.05 Å². The van der Waals surface area contributed by atoms with Crippen molar-refractivity contribution < 1.29 is 18.3 Å². The van der Waals surface area contributed by atoms with Crippen LogP contribution in [0.25, 0.3) is 22.3 Å². The van der Waals surface area contributed by atoms with Crippen molar-refractivity contribution in [3.05, 3.63) is 64.5 Å². The molecule has 2 aromatic heterocycles. The number of methoxy groups -OCH3 is 1. The molecule has 0 atom stereocenters. The number of carbonyl (C=O) groups excluding carboxylic acids is 1. The Bertz CT molecular complexity index is 1290. The van der Waals surface area contributed by atoms with E-state index in [-0.39, 0.29) is 28.5 Å². The zero-order chi connectivity index (χ0) is 21.4. The van der Waals surface area contributed by atoms with Crippen LogP contribution in [0.5, 0.6) is 5.75 Å². The number of benzene rings is 2. The summed E-state index contributed by atoms with van der Waals surface area (Å²) < 4.78 is 35.9. The first-order chi connectivity index (χ1) is 14.4. The molecule has 0 aliphatic carbocycles. The second kappa shape index (κ2) is 7.79. The van der Waals surface area contributed by atoms with Crippen molar-refractivity contribution in [3.8, 4) is 17.1 Å². The predicted molar refractivity (Wildman–Crippen MR) is 110 cm³/mol. The van der Waals surface area contributed by atoms with Crippen molar-refractivity contribution in [1.29, 1.82) is 0 Å². The first-order valence-corrected chi connectivity index (χ1v) is 9.47. The highest BCUT2D eigenvalue weighted by Crippen LogP contribution is 2.34. The summed E-state index contributed by atoms with van der Waals surface area (Å²) in [6.45, 7) is 0. The third-order valence-electron chi connectivity index (χ3n) is 4.46. The van der Waals surface area contributed by atoms with E-state index in [0.29, 0.717) is 15.4 Å². The number of fused-ring (bicyclic) bond motifs is 1. The quantitative estimate of drug-likeness (QED) is 0.476. The molecule has 10 heteroatoms. The van der Waals surface area contributed by atoms with E-state index in [9.17, 15) is 13.6 Å². The number of aryl methyl sites for hydroxylation is 1. The minimum absolute atomic E-state index is 0.00874. The van der Waals surface area contributed by atoms with E-state index in [1.54, 1.807) is 13.1 Å². The van der Waals surface area contributed by atoms with Crippen molar-refractivity contribution in [1.82, 2.24) is 19.7 Å². The largest absolute Gasteiger partial charge is 0.496 e. The molecular weight excluding hydrogens is 460 g/mol. The predicted octanol–water partition coefficient (Wildman–Crippen LogP) is 4.33. The van der Waals surface area contributed by atoms with Crippen LogP contribution in [0.2, 0.25) is 0 Å². The van der Waals surface area contributed by atoms with Gasteiger partial charge in [-0.1, -0.05) is 6.07 Å². The van der Waals surface area contributed by atoms with Gasteiger partial charge in [-0.15, -0.1) is 0 Å². The maximum absolute atomic E-state index is 14.5. The van der Waals surface area contributed by atoms with Crippen LogP contribution in [0, 0.1) is 11.6 Å². The van der Waals surface area contributed by atoms with Gasteiger partial charge in [0.2, 0.25) is 0 Å². The second-order valence-electron chi connectivity index (χ2n) is 6.29. The lowest BCUT2D eigenvalue weighted by Gasteiger charge is -2.11. The monoisotopic (exact) mass is 473 g/mol. The molecule has 0 fully saturated rings. The number of hydrogen-bond acceptors (Lipinski definition) is 5. The maximum atomic E-state index is 14.5. The zero-order valence-electron chi connectivity index (χ0n) is 15.8. The number of carbonyl (C=O) groups is 1. The highest BCUT2D eigenvalue weighted by molar-refractivity contribution is 9.10. The normalized spacial score (nSPS) is 11.0. The zero-order valence-corrected chi connectivity index (χ0v) is 17.4. The van der Waals surface area contributed by atoms with Gasteiger partial charge in [0.25, 0.3) is 5.91 Å². The summed E-state index contributed by atoms with van der Waals surface area (Å²) in [5.41, 5.74) is 0.528. The van der Waals surface area contributed by atoms with Crippen molar-refractivity contribution >= 4 is 38.4 Å². The average molecular weight is 474 g/mol. The summed E-state index contributed by atoms with van der Waals surface area (Å²) in [4.78, 5) is 21.0. The fraction of sp³-hybridized carbons (Fsp3) is 0.100. The third kappa shape index (κ3) is 3.39.